The van der Waals surface area contributed by atoms with E-state index in [-0.39, 0.29) is 12.1 Å². The van der Waals surface area contributed by atoms with Crippen LogP contribution in [0.2, 0.25) is 0 Å². The van der Waals surface area contributed by atoms with Crippen molar-refractivity contribution in [2.45, 2.75) is 39.3 Å². The van der Waals surface area contributed by atoms with Gasteiger partial charge >= 0.3 is 6.09 Å². The first-order valence-corrected chi connectivity index (χ1v) is 7.75. The number of ether oxygens (including phenoxy) is 2. The van der Waals surface area contributed by atoms with Crippen molar-refractivity contribution in [3.8, 4) is 5.75 Å². The molecule has 2 heterocycles. The van der Waals surface area contributed by atoms with Crippen LogP contribution in [0.15, 0.2) is 12.3 Å². The highest BCUT2D eigenvalue weighted by atomic mass is 16.6. The quantitative estimate of drug-likeness (QED) is 0.898. The van der Waals surface area contributed by atoms with Gasteiger partial charge in [-0.2, -0.15) is 0 Å². The second-order valence-corrected chi connectivity index (χ2v) is 6.76. The summed E-state index contributed by atoms with van der Waals surface area (Å²) in [4.78, 5) is 20.5. The predicted octanol–water partition coefficient (Wildman–Crippen LogP) is 2.12. The Hall–Kier alpha value is -2.18. The van der Waals surface area contributed by atoms with Gasteiger partial charge in [0.2, 0.25) is 0 Å². The molecule has 0 bridgehead atoms. The van der Waals surface area contributed by atoms with Crippen LogP contribution in [0, 0.1) is 0 Å². The molecule has 0 spiro atoms. The second-order valence-electron chi connectivity index (χ2n) is 6.76. The molecule has 1 atom stereocenters. The first-order chi connectivity index (χ1) is 10.7. The van der Waals surface area contributed by atoms with E-state index in [1.165, 1.54) is 0 Å². The van der Waals surface area contributed by atoms with Crippen LogP contribution >= 0.6 is 0 Å². The number of piperazine rings is 1. The van der Waals surface area contributed by atoms with Crippen LogP contribution in [-0.2, 0) is 4.74 Å². The molecule has 0 aliphatic carbocycles. The van der Waals surface area contributed by atoms with Gasteiger partial charge in [0.1, 0.15) is 5.60 Å². The molecule has 0 aromatic carbocycles. The lowest BCUT2D eigenvalue weighted by Crippen LogP contribution is -2.55. The molecule has 1 aromatic heterocycles. The van der Waals surface area contributed by atoms with Crippen molar-refractivity contribution >= 4 is 17.6 Å². The van der Waals surface area contributed by atoms with Crippen LogP contribution in [-0.4, -0.2) is 54.4 Å². The minimum atomic E-state index is -0.490. The molecule has 2 rings (SSSR count). The van der Waals surface area contributed by atoms with Crippen molar-refractivity contribution in [3.63, 3.8) is 0 Å². The Morgan fingerprint density at radius 3 is 2.65 bits per heavy atom. The summed E-state index contributed by atoms with van der Waals surface area (Å²) in [6, 6.07) is 1.77. The molecule has 1 aromatic rings. The van der Waals surface area contributed by atoms with E-state index < -0.39 is 5.60 Å². The maximum atomic E-state index is 12.3. The van der Waals surface area contributed by atoms with Crippen LogP contribution in [0.3, 0.4) is 0 Å². The number of hydrogen-bond donors (Lipinski definition) is 1. The lowest BCUT2D eigenvalue weighted by Gasteiger charge is -2.40. The van der Waals surface area contributed by atoms with Gasteiger partial charge in [-0.05, 0) is 27.7 Å². The molecule has 0 unspecified atom stereocenters. The first kappa shape index (κ1) is 17.2. The molecule has 2 N–H and O–H groups in total. The van der Waals surface area contributed by atoms with Crippen molar-refractivity contribution < 1.29 is 14.3 Å². The number of hydrogen-bond acceptors (Lipinski definition) is 6. The SMILES string of the molecule is COc1cc(N)cnc1N1CCN(C(=O)OC(C)(C)C)[C@@H](C)C1. The summed E-state index contributed by atoms with van der Waals surface area (Å²) in [5.74, 6) is 1.39. The first-order valence-electron chi connectivity index (χ1n) is 7.75. The normalized spacial score (nSPS) is 18.7. The maximum Gasteiger partial charge on any atom is 0.410 e. The molecule has 128 valence electrons. The highest BCUT2D eigenvalue weighted by Crippen LogP contribution is 2.29. The smallest absolute Gasteiger partial charge is 0.410 e. The second kappa shape index (κ2) is 6.52. The fourth-order valence-electron chi connectivity index (χ4n) is 2.58. The van der Waals surface area contributed by atoms with Gasteiger partial charge in [0.15, 0.2) is 11.6 Å². The van der Waals surface area contributed by atoms with Gasteiger partial charge in [0.25, 0.3) is 0 Å². The Bertz CT molecular complexity index is 571. The van der Waals surface area contributed by atoms with E-state index in [0.29, 0.717) is 31.1 Å². The van der Waals surface area contributed by atoms with E-state index in [2.05, 4.69) is 9.88 Å². The molecule has 1 aliphatic heterocycles. The number of amides is 1. The zero-order valence-electron chi connectivity index (χ0n) is 14.5. The maximum absolute atomic E-state index is 12.3. The monoisotopic (exact) mass is 322 g/mol. The van der Waals surface area contributed by atoms with Gasteiger partial charge in [0, 0.05) is 31.7 Å². The van der Waals surface area contributed by atoms with Gasteiger partial charge in [-0.15, -0.1) is 0 Å². The van der Waals surface area contributed by atoms with Gasteiger partial charge < -0.3 is 25.0 Å². The van der Waals surface area contributed by atoms with E-state index in [1.807, 2.05) is 27.7 Å². The summed E-state index contributed by atoms with van der Waals surface area (Å²) >= 11 is 0. The van der Waals surface area contributed by atoms with Crippen molar-refractivity contribution in [1.29, 1.82) is 0 Å². The Morgan fingerprint density at radius 1 is 1.39 bits per heavy atom. The molecular weight excluding hydrogens is 296 g/mol. The minimum absolute atomic E-state index is 0.0164. The number of nitrogens with two attached hydrogens (primary N) is 1. The topological polar surface area (TPSA) is 80.9 Å². The van der Waals surface area contributed by atoms with Crippen LogP contribution in [0.25, 0.3) is 0 Å². The van der Waals surface area contributed by atoms with E-state index in [4.69, 9.17) is 15.2 Å². The van der Waals surface area contributed by atoms with Gasteiger partial charge in [-0.1, -0.05) is 0 Å². The molecular formula is C16H26N4O3. The van der Waals surface area contributed by atoms with Crippen LogP contribution in [0.4, 0.5) is 16.3 Å². The number of nitrogen functional groups attached to an aromatic ring is 1. The highest BCUT2D eigenvalue weighted by molar-refractivity contribution is 5.69. The third kappa shape index (κ3) is 4.18. The Kier molecular flexibility index (Phi) is 4.87. The summed E-state index contributed by atoms with van der Waals surface area (Å²) in [6.45, 7) is 9.51. The number of carbonyl (C=O) groups is 1. The van der Waals surface area contributed by atoms with Crippen LogP contribution < -0.4 is 15.4 Å². The van der Waals surface area contributed by atoms with Crippen molar-refractivity contribution in [3.05, 3.63) is 12.3 Å². The number of rotatable bonds is 2. The molecule has 0 radical (unpaired) electrons. The molecule has 7 nitrogen and oxygen atoms in total. The largest absolute Gasteiger partial charge is 0.493 e. The fourth-order valence-corrected chi connectivity index (χ4v) is 2.58. The molecule has 23 heavy (non-hydrogen) atoms. The Labute approximate surface area is 137 Å². The molecule has 1 fully saturated rings. The lowest BCUT2D eigenvalue weighted by molar-refractivity contribution is 0.0158. The van der Waals surface area contributed by atoms with Gasteiger partial charge in [0.05, 0.1) is 19.0 Å². The van der Waals surface area contributed by atoms with Crippen molar-refractivity contribution in [2.75, 3.05) is 37.4 Å². The Morgan fingerprint density at radius 2 is 2.09 bits per heavy atom. The van der Waals surface area contributed by atoms with Gasteiger partial charge in [-0.3, -0.25) is 0 Å². The standard InChI is InChI=1S/C16H26N4O3/c1-11-10-19(14-13(22-5)8-12(17)9-18-14)6-7-20(11)15(21)23-16(2,3)4/h8-9,11H,6-7,10,17H2,1-5H3/t11-/m0/s1. The number of aromatic nitrogens is 1. The van der Waals surface area contributed by atoms with E-state index in [0.717, 1.165) is 5.82 Å². The van der Waals surface area contributed by atoms with E-state index >= 15 is 0 Å². The minimum Gasteiger partial charge on any atom is -0.493 e. The molecule has 1 saturated heterocycles. The number of carbonyl (C=O) groups excluding carboxylic acids is 1. The van der Waals surface area contributed by atoms with Crippen molar-refractivity contribution in [2.24, 2.45) is 0 Å². The average Bonchev–Trinajstić information content (AvgIpc) is 2.44. The fraction of sp³-hybridized carbons (Fsp3) is 0.625. The molecule has 7 heteroatoms. The Balaban J connectivity index is 2.08. The predicted molar refractivity (Wildman–Crippen MR) is 89.8 cm³/mol. The van der Waals surface area contributed by atoms with Crippen LogP contribution in [0.1, 0.15) is 27.7 Å². The van der Waals surface area contributed by atoms with E-state index in [9.17, 15) is 4.79 Å². The molecule has 1 amide bonds. The van der Waals surface area contributed by atoms with Gasteiger partial charge in [-0.25, -0.2) is 9.78 Å². The zero-order chi connectivity index (χ0) is 17.2. The summed E-state index contributed by atoms with van der Waals surface area (Å²) < 4.78 is 10.8. The summed E-state index contributed by atoms with van der Waals surface area (Å²) in [5, 5.41) is 0. The van der Waals surface area contributed by atoms with Crippen LogP contribution in [0.5, 0.6) is 5.75 Å². The third-order valence-electron chi connectivity index (χ3n) is 3.63. The lowest BCUT2D eigenvalue weighted by atomic mass is 10.2. The highest BCUT2D eigenvalue weighted by Gasteiger charge is 2.32. The third-order valence-corrected chi connectivity index (χ3v) is 3.63. The summed E-state index contributed by atoms with van der Waals surface area (Å²) in [6.07, 6.45) is 1.34. The van der Waals surface area contributed by atoms with E-state index in [1.54, 1.807) is 24.3 Å². The number of methoxy groups -OCH3 is 1. The number of pyridine rings is 1. The average molecular weight is 322 g/mol. The number of nitrogens with zero attached hydrogens (tertiary/aromatic N) is 3. The zero-order valence-corrected chi connectivity index (χ0v) is 14.5. The number of anilines is 2. The molecule has 1 aliphatic rings. The summed E-state index contributed by atoms with van der Waals surface area (Å²) in [5.41, 5.74) is 5.82. The van der Waals surface area contributed by atoms with Crippen molar-refractivity contribution in [1.82, 2.24) is 9.88 Å². The molecule has 0 saturated carbocycles. The summed E-state index contributed by atoms with van der Waals surface area (Å²) in [7, 11) is 1.60.